The first-order chi connectivity index (χ1) is 19.2. The normalized spacial score (nSPS) is 14.3. The first-order valence-electron chi connectivity index (χ1n) is 12.6. The van der Waals surface area contributed by atoms with Crippen LogP contribution in [0.1, 0.15) is 12.0 Å². The first kappa shape index (κ1) is 28.9. The van der Waals surface area contributed by atoms with Crippen molar-refractivity contribution >= 4 is 22.4 Å². The van der Waals surface area contributed by atoms with Crippen LogP contribution in [-0.2, 0) is 11.3 Å². The zero-order valence-electron chi connectivity index (χ0n) is 21.7. The number of carbonyl (C=O) groups excluding carboxylic acids is 1. The van der Waals surface area contributed by atoms with Crippen LogP contribution in [0.5, 0.6) is 5.75 Å². The van der Waals surface area contributed by atoms with Gasteiger partial charge in [-0.15, -0.1) is 0 Å². The van der Waals surface area contributed by atoms with Crippen LogP contribution in [-0.4, -0.2) is 72.2 Å². The number of amides is 1. The van der Waals surface area contributed by atoms with E-state index in [1.165, 1.54) is 4.57 Å². The summed E-state index contributed by atoms with van der Waals surface area (Å²) in [4.78, 5) is 29.6. The Morgan fingerprint density at radius 1 is 0.975 bits per heavy atom. The van der Waals surface area contributed by atoms with Gasteiger partial charge in [0.15, 0.2) is 0 Å². The summed E-state index contributed by atoms with van der Waals surface area (Å²) < 4.78 is 6.75. The van der Waals surface area contributed by atoms with Crippen molar-refractivity contribution in [2.75, 3.05) is 11.9 Å². The summed E-state index contributed by atoms with van der Waals surface area (Å²) in [6.45, 7) is 1.17. The molecular weight excluding hydrogens is 518 g/mol. The molecule has 11 nitrogen and oxygen atoms in total. The van der Waals surface area contributed by atoms with Crippen LogP contribution in [0.15, 0.2) is 78.0 Å². The van der Waals surface area contributed by atoms with Crippen LogP contribution >= 0.6 is 0 Å². The van der Waals surface area contributed by atoms with Crippen molar-refractivity contribution in [3.8, 4) is 16.9 Å². The molecular formula is C29H31N3O8. The van der Waals surface area contributed by atoms with Gasteiger partial charge >= 0.3 is 0 Å². The largest absolute Gasteiger partial charge is 0.462 e. The summed E-state index contributed by atoms with van der Waals surface area (Å²) >= 11 is 0. The van der Waals surface area contributed by atoms with Crippen molar-refractivity contribution in [2.45, 2.75) is 44.5 Å². The van der Waals surface area contributed by atoms with Gasteiger partial charge in [0.25, 0.3) is 5.56 Å². The van der Waals surface area contributed by atoms with E-state index in [1.54, 1.807) is 68.0 Å². The Kier molecular flexibility index (Phi) is 9.25. The number of hydrogen-bond donors (Lipinski definition) is 6. The highest BCUT2D eigenvalue weighted by Gasteiger charge is 2.31. The van der Waals surface area contributed by atoms with Crippen LogP contribution < -0.4 is 15.6 Å². The second-order valence-electron chi connectivity index (χ2n) is 9.38. The Labute approximate surface area is 229 Å². The summed E-state index contributed by atoms with van der Waals surface area (Å²) in [6.07, 6.45) is -2.28. The molecule has 4 aromatic rings. The molecule has 210 valence electrons. The third-order valence-corrected chi connectivity index (χ3v) is 6.47. The monoisotopic (exact) mass is 549 g/mol. The van der Waals surface area contributed by atoms with Gasteiger partial charge in [-0.3, -0.25) is 14.6 Å². The number of aliphatic hydroxyl groups is 5. The number of anilines is 1. The van der Waals surface area contributed by atoms with Gasteiger partial charge in [-0.2, -0.15) is 0 Å². The minimum Gasteiger partial charge on any atom is -0.462 e. The van der Waals surface area contributed by atoms with E-state index in [0.29, 0.717) is 16.6 Å². The molecule has 2 aromatic carbocycles. The molecule has 0 radical (unpaired) electrons. The van der Waals surface area contributed by atoms with Gasteiger partial charge in [0.2, 0.25) is 12.2 Å². The van der Waals surface area contributed by atoms with Gasteiger partial charge in [-0.05, 0) is 71.8 Å². The van der Waals surface area contributed by atoms with Crippen molar-refractivity contribution in [1.82, 2.24) is 9.55 Å². The summed E-state index contributed by atoms with van der Waals surface area (Å²) in [5.41, 5.74) is 2.36. The molecule has 0 spiro atoms. The molecule has 0 aliphatic heterocycles. The zero-order chi connectivity index (χ0) is 28.8. The quantitative estimate of drug-likeness (QED) is 0.150. The number of nitrogens with one attached hydrogen (secondary N) is 1. The number of benzene rings is 2. The minimum absolute atomic E-state index is 0.160. The van der Waals surface area contributed by atoms with E-state index in [1.807, 2.05) is 12.1 Å². The Bertz CT molecular complexity index is 1530. The number of fused-ring (bicyclic) bond motifs is 1. The van der Waals surface area contributed by atoms with Gasteiger partial charge in [0, 0.05) is 36.3 Å². The Morgan fingerprint density at radius 3 is 2.38 bits per heavy atom. The highest BCUT2D eigenvalue weighted by Crippen LogP contribution is 2.29. The maximum atomic E-state index is 13.2. The Morgan fingerprint density at radius 2 is 1.68 bits per heavy atom. The lowest BCUT2D eigenvalue weighted by Crippen LogP contribution is -2.47. The predicted octanol–water partition coefficient (Wildman–Crippen LogP) is 1.17. The molecule has 0 aliphatic rings. The highest BCUT2D eigenvalue weighted by atomic mass is 16.6. The number of carbonyl (C=O) groups is 1. The number of pyridine rings is 2. The van der Waals surface area contributed by atoms with E-state index in [4.69, 9.17) is 9.84 Å². The fourth-order valence-electron chi connectivity index (χ4n) is 4.23. The van der Waals surface area contributed by atoms with E-state index in [9.17, 15) is 30.0 Å². The van der Waals surface area contributed by atoms with Gasteiger partial charge in [-0.25, -0.2) is 0 Å². The minimum atomic E-state index is -1.83. The maximum Gasteiger partial charge on any atom is 0.258 e. The second kappa shape index (κ2) is 12.8. The zero-order valence-corrected chi connectivity index (χ0v) is 21.7. The Hall–Kier alpha value is -4.13. The van der Waals surface area contributed by atoms with Crippen LogP contribution in [0.3, 0.4) is 0 Å². The topological polar surface area (TPSA) is 174 Å². The molecule has 0 aliphatic carbocycles. The molecule has 1 amide bonds. The van der Waals surface area contributed by atoms with E-state index < -0.39 is 31.2 Å². The number of ether oxygens (including phenoxy) is 1. The van der Waals surface area contributed by atoms with Gasteiger partial charge in [0.05, 0.1) is 6.10 Å². The van der Waals surface area contributed by atoms with E-state index in [0.717, 1.165) is 16.5 Å². The summed E-state index contributed by atoms with van der Waals surface area (Å²) in [7, 11) is 0. The molecule has 0 fully saturated rings. The van der Waals surface area contributed by atoms with Crippen molar-refractivity contribution in [1.29, 1.82) is 0 Å². The van der Waals surface area contributed by atoms with Crippen LogP contribution in [0.2, 0.25) is 0 Å². The first-order valence-corrected chi connectivity index (χ1v) is 12.6. The molecule has 6 N–H and O–H groups in total. The molecule has 11 heteroatoms. The van der Waals surface area contributed by atoms with Crippen molar-refractivity contribution < 1.29 is 35.1 Å². The van der Waals surface area contributed by atoms with Crippen LogP contribution in [0.4, 0.5) is 5.69 Å². The van der Waals surface area contributed by atoms with Gasteiger partial charge in [-0.1, -0.05) is 18.2 Å². The summed E-state index contributed by atoms with van der Waals surface area (Å²) in [6, 6.07) is 15.5. The number of nitrogens with zero attached hydrogens (tertiary/aromatic N) is 2. The lowest BCUT2D eigenvalue weighted by atomic mass is 10.00. The lowest BCUT2D eigenvalue weighted by Gasteiger charge is -2.27. The molecule has 0 saturated heterocycles. The average Bonchev–Trinajstić information content (AvgIpc) is 2.95. The fourth-order valence-corrected chi connectivity index (χ4v) is 4.23. The average molecular weight is 550 g/mol. The third kappa shape index (κ3) is 6.71. The molecule has 2 heterocycles. The molecule has 4 rings (SSSR count). The number of rotatable bonds is 11. The summed E-state index contributed by atoms with van der Waals surface area (Å²) in [5.74, 6) is -0.111. The number of aromatic nitrogens is 2. The lowest BCUT2D eigenvalue weighted by molar-refractivity contribution is -0.166. The molecule has 2 aromatic heterocycles. The molecule has 4 atom stereocenters. The highest BCUT2D eigenvalue weighted by molar-refractivity contribution is 5.91. The number of aliphatic hydroxyl groups excluding tert-OH is 5. The summed E-state index contributed by atoms with van der Waals surface area (Å²) in [5, 5.41) is 52.8. The van der Waals surface area contributed by atoms with Gasteiger partial charge < -0.3 is 40.2 Å². The fraction of sp³-hybridized carbons (Fsp3) is 0.276. The van der Waals surface area contributed by atoms with Gasteiger partial charge in [0.1, 0.15) is 24.5 Å². The molecule has 0 bridgehead atoms. The molecule has 40 heavy (non-hydrogen) atoms. The van der Waals surface area contributed by atoms with Crippen molar-refractivity contribution in [2.24, 2.45) is 0 Å². The van der Waals surface area contributed by atoms with Crippen molar-refractivity contribution in [3.63, 3.8) is 0 Å². The molecule has 0 saturated carbocycles. The van der Waals surface area contributed by atoms with E-state index in [-0.39, 0.29) is 30.2 Å². The number of aryl methyl sites for hydroxylation is 1. The van der Waals surface area contributed by atoms with Crippen LogP contribution in [0, 0.1) is 6.92 Å². The maximum absolute atomic E-state index is 13.2. The predicted molar refractivity (Wildman–Crippen MR) is 148 cm³/mol. The van der Waals surface area contributed by atoms with Crippen molar-refractivity contribution in [3.05, 3.63) is 89.1 Å². The molecule has 4 unspecified atom stereocenters. The SMILES string of the molecule is Cc1cc(-c2ccc3ccn(CC(=O)Nc4ccncc4)c(=O)c3c2)ccc1OC(O)C(O)C(O)C(O)CCO. The Balaban J connectivity index is 1.51. The van der Waals surface area contributed by atoms with Crippen LogP contribution in [0.25, 0.3) is 21.9 Å². The van der Waals surface area contributed by atoms with E-state index in [2.05, 4.69) is 10.3 Å². The van der Waals surface area contributed by atoms with E-state index >= 15 is 0 Å². The standard InChI is InChI=1S/C29H31N3O8/c1-17-14-19(4-5-24(17)40-29(39)27(37)26(36)23(34)9-13-33)20-3-2-18-8-12-32(28(38)22(18)15-20)16-25(35)31-21-6-10-30-11-7-21/h2-8,10-12,14-15,23,26-27,29,33-34,36-37,39H,9,13,16H2,1H3,(H,30,31,35). The third-order valence-electron chi connectivity index (χ3n) is 6.47. The second-order valence-corrected chi connectivity index (χ2v) is 9.38. The smallest absolute Gasteiger partial charge is 0.258 e. The number of hydrogen-bond acceptors (Lipinski definition) is 9.